The van der Waals surface area contributed by atoms with E-state index in [-0.39, 0.29) is 29.6 Å². The first-order valence-corrected chi connectivity index (χ1v) is 10.8. The van der Waals surface area contributed by atoms with E-state index in [9.17, 15) is 10.2 Å². The molecule has 2 heterocycles. The molecule has 3 aliphatic rings. The van der Waals surface area contributed by atoms with Crippen molar-refractivity contribution in [2.45, 2.75) is 82.6 Å². The number of rotatable bonds is 3. The fourth-order valence-corrected chi connectivity index (χ4v) is 4.95. The maximum absolute atomic E-state index is 10.6. The number of benzene rings is 1. The van der Waals surface area contributed by atoms with Crippen molar-refractivity contribution in [3.63, 3.8) is 0 Å². The SMILES string of the molecule is Cc1ccc(-c2nnc(N[C@@H]3CCCC[C@H]3O)c3c2CC2(CC2)OC3C)c(O)c1. The molecule has 2 saturated carbocycles. The molecule has 0 saturated heterocycles. The van der Waals surface area contributed by atoms with Gasteiger partial charge in [0.15, 0.2) is 5.82 Å². The third-order valence-electron chi connectivity index (χ3n) is 6.72. The number of nitrogens with one attached hydrogen (secondary N) is 1. The molecule has 2 aromatic rings. The van der Waals surface area contributed by atoms with Crippen molar-refractivity contribution in [3.05, 3.63) is 34.9 Å². The van der Waals surface area contributed by atoms with Gasteiger partial charge >= 0.3 is 0 Å². The molecule has 29 heavy (non-hydrogen) atoms. The standard InChI is InChI=1S/C23H29N3O3/c1-13-7-8-15(19(28)11-13)21-16-12-23(9-10-23)29-14(2)20(16)22(26-25-21)24-17-5-3-4-6-18(17)27/h7-8,11,14,17-18,27-28H,3-6,9-10,12H2,1-2H3,(H,24,26)/t14?,17-,18-/m1/s1. The van der Waals surface area contributed by atoms with Crippen molar-refractivity contribution >= 4 is 5.82 Å². The van der Waals surface area contributed by atoms with Gasteiger partial charge in [0.2, 0.25) is 0 Å². The zero-order chi connectivity index (χ0) is 20.2. The summed E-state index contributed by atoms with van der Waals surface area (Å²) in [5, 5.41) is 33.5. The first-order chi connectivity index (χ1) is 14.0. The van der Waals surface area contributed by atoms with Crippen molar-refractivity contribution in [2.24, 2.45) is 0 Å². The van der Waals surface area contributed by atoms with E-state index in [1.807, 2.05) is 19.1 Å². The lowest BCUT2D eigenvalue weighted by Gasteiger charge is -2.35. The van der Waals surface area contributed by atoms with Crippen LogP contribution in [0.25, 0.3) is 11.3 Å². The Morgan fingerprint density at radius 1 is 1.17 bits per heavy atom. The number of phenolic OH excluding ortho intramolecular Hbond substituents is 1. The van der Waals surface area contributed by atoms with E-state index in [1.54, 1.807) is 6.07 Å². The average molecular weight is 396 g/mol. The second-order valence-electron chi connectivity index (χ2n) is 9.03. The Balaban J connectivity index is 1.60. The largest absolute Gasteiger partial charge is 0.507 e. The molecule has 1 aliphatic heterocycles. The Kier molecular flexibility index (Phi) is 4.51. The van der Waals surface area contributed by atoms with E-state index in [0.29, 0.717) is 11.4 Å². The maximum atomic E-state index is 10.6. The van der Waals surface area contributed by atoms with Gasteiger partial charge < -0.3 is 20.3 Å². The number of aromatic nitrogens is 2. The number of aliphatic hydroxyl groups excluding tert-OH is 1. The fraction of sp³-hybridized carbons (Fsp3) is 0.565. The summed E-state index contributed by atoms with van der Waals surface area (Å²) in [6.45, 7) is 4.03. The highest BCUT2D eigenvalue weighted by molar-refractivity contribution is 5.73. The zero-order valence-corrected chi connectivity index (χ0v) is 17.1. The summed E-state index contributed by atoms with van der Waals surface area (Å²) in [6, 6.07) is 5.67. The Morgan fingerprint density at radius 2 is 1.97 bits per heavy atom. The summed E-state index contributed by atoms with van der Waals surface area (Å²) >= 11 is 0. The van der Waals surface area contributed by atoms with E-state index < -0.39 is 0 Å². The minimum atomic E-state index is -0.364. The quantitative estimate of drug-likeness (QED) is 0.727. The van der Waals surface area contributed by atoms with Crippen molar-refractivity contribution in [2.75, 3.05) is 5.32 Å². The topological polar surface area (TPSA) is 87.5 Å². The van der Waals surface area contributed by atoms with Crippen molar-refractivity contribution in [1.82, 2.24) is 10.2 Å². The number of aliphatic hydroxyl groups is 1. The highest BCUT2D eigenvalue weighted by Gasteiger charge is 2.50. The molecule has 2 fully saturated rings. The molecule has 2 aliphatic carbocycles. The van der Waals surface area contributed by atoms with Crippen LogP contribution in [0.2, 0.25) is 0 Å². The summed E-state index contributed by atoms with van der Waals surface area (Å²) in [7, 11) is 0. The Hall–Kier alpha value is -2.18. The molecule has 0 amide bonds. The summed E-state index contributed by atoms with van der Waals surface area (Å²) in [6.07, 6.45) is 6.35. The van der Waals surface area contributed by atoms with E-state index >= 15 is 0 Å². The van der Waals surface area contributed by atoms with Gasteiger partial charge in [0.05, 0.1) is 23.9 Å². The van der Waals surface area contributed by atoms with Gasteiger partial charge in [-0.05, 0) is 62.8 Å². The van der Waals surface area contributed by atoms with E-state index in [0.717, 1.165) is 67.3 Å². The molecule has 6 nitrogen and oxygen atoms in total. The number of aryl methyl sites for hydroxylation is 1. The average Bonchev–Trinajstić information content (AvgIpc) is 3.42. The van der Waals surface area contributed by atoms with E-state index in [2.05, 4.69) is 22.4 Å². The molecule has 0 bridgehead atoms. The molecule has 1 aromatic heterocycles. The lowest BCUT2D eigenvalue weighted by Crippen LogP contribution is -2.38. The van der Waals surface area contributed by atoms with Gasteiger partial charge in [-0.3, -0.25) is 0 Å². The van der Waals surface area contributed by atoms with Crippen molar-refractivity contribution in [1.29, 1.82) is 0 Å². The highest BCUT2D eigenvalue weighted by Crippen LogP contribution is 2.53. The summed E-state index contributed by atoms with van der Waals surface area (Å²) in [5.74, 6) is 0.943. The zero-order valence-electron chi connectivity index (χ0n) is 17.1. The van der Waals surface area contributed by atoms with Crippen LogP contribution in [0.5, 0.6) is 5.75 Å². The Bertz CT molecular complexity index is 941. The molecule has 1 spiro atoms. The Morgan fingerprint density at radius 3 is 2.69 bits per heavy atom. The third-order valence-corrected chi connectivity index (χ3v) is 6.72. The predicted octanol–water partition coefficient (Wildman–Crippen LogP) is 4.04. The summed E-state index contributed by atoms with van der Waals surface area (Å²) in [5.41, 5.74) is 4.51. The molecule has 154 valence electrons. The number of hydrogen-bond acceptors (Lipinski definition) is 6. The molecular formula is C23H29N3O3. The van der Waals surface area contributed by atoms with E-state index in [4.69, 9.17) is 4.74 Å². The number of phenols is 1. The van der Waals surface area contributed by atoms with E-state index in [1.165, 1.54) is 0 Å². The lowest BCUT2D eigenvalue weighted by atomic mass is 9.89. The van der Waals surface area contributed by atoms with Crippen LogP contribution in [0.1, 0.15) is 68.2 Å². The van der Waals surface area contributed by atoms with Crippen LogP contribution in [0, 0.1) is 6.92 Å². The molecular weight excluding hydrogens is 366 g/mol. The minimum Gasteiger partial charge on any atom is -0.507 e. The number of hydrogen-bond donors (Lipinski definition) is 3. The summed E-state index contributed by atoms with van der Waals surface area (Å²) < 4.78 is 6.38. The van der Waals surface area contributed by atoms with Crippen molar-refractivity contribution in [3.8, 4) is 17.0 Å². The Labute approximate surface area is 171 Å². The molecule has 5 rings (SSSR count). The molecule has 3 atom stereocenters. The van der Waals surface area contributed by atoms with Gasteiger partial charge in [-0.1, -0.05) is 18.9 Å². The van der Waals surface area contributed by atoms with Crippen LogP contribution in [0.4, 0.5) is 5.82 Å². The summed E-state index contributed by atoms with van der Waals surface area (Å²) in [4.78, 5) is 0. The van der Waals surface area contributed by atoms with Gasteiger partial charge in [0.1, 0.15) is 11.4 Å². The first-order valence-electron chi connectivity index (χ1n) is 10.8. The fourth-order valence-electron chi connectivity index (χ4n) is 4.95. The number of fused-ring (bicyclic) bond motifs is 1. The number of anilines is 1. The van der Waals surface area contributed by atoms with Gasteiger partial charge in [-0.15, -0.1) is 10.2 Å². The highest BCUT2D eigenvalue weighted by atomic mass is 16.5. The smallest absolute Gasteiger partial charge is 0.155 e. The molecule has 6 heteroatoms. The first kappa shape index (κ1) is 18.8. The van der Waals surface area contributed by atoms with Crippen LogP contribution in [0.15, 0.2) is 18.2 Å². The number of aromatic hydroxyl groups is 1. The van der Waals surface area contributed by atoms with Gasteiger partial charge in [0.25, 0.3) is 0 Å². The van der Waals surface area contributed by atoms with Gasteiger partial charge in [-0.2, -0.15) is 0 Å². The lowest BCUT2D eigenvalue weighted by molar-refractivity contribution is -0.0339. The number of ether oxygens (including phenoxy) is 1. The number of nitrogens with zero attached hydrogens (tertiary/aromatic N) is 2. The van der Waals surface area contributed by atoms with Gasteiger partial charge in [-0.25, -0.2) is 0 Å². The second kappa shape index (κ2) is 6.96. The molecule has 1 aromatic carbocycles. The van der Waals surface area contributed by atoms with Crippen LogP contribution >= 0.6 is 0 Å². The monoisotopic (exact) mass is 395 g/mol. The van der Waals surface area contributed by atoms with Crippen LogP contribution in [-0.4, -0.2) is 38.2 Å². The van der Waals surface area contributed by atoms with Crippen LogP contribution < -0.4 is 5.32 Å². The van der Waals surface area contributed by atoms with Gasteiger partial charge in [0, 0.05) is 17.5 Å². The normalized spacial score (nSPS) is 27.5. The maximum Gasteiger partial charge on any atom is 0.155 e. The molecule has 3 N–H and O–H groups in total. The second-order valence-corrected chi connectivity index (χ2v) is 9.03. The van der Waals surface area contributed by atoms with Crippen LogP contribution in [0.3, 0.4) is 0 Å². The predicted molar refractivity (Wildman–Crippen MR) is 111 cm³/mol. The van der Waals surface area contributed by atoms with Crippen LogP contribution in [-0.2, 0) is 11.2 Å². The molecule has 1 unspecified atom stereocenters. The molecule has 0 radical (unpaired) electrons. The third kappa shape index (κ3) is 3.38. The minimum absolute atomic E-state index is 0.00945. The van der Waals surface area contributed by atoms with Crippen molar-refractivity contribution < 1.29 is 14.9 Å².